The first kappa shape index (κ1) is 17.9. The van der Waals surface area contributed by atoms with Crippen LogP contribution >= 0.6 is 11.3 Å². The Morgan fingerprint density at radius 2 is 1.97 bits per heavy atom. The number of hydrogen-bond donors (Lipinski definition) is 1. The molecule has 29 heavy (non-hydrogen) atoms. The van der Waals surface area contributed by atoms with E-state index in [0.717, 1.165) is 46.9 Å². The van der Waals surface area contributed by atoms with E-state index >= 15 is 0 Å². The molecule has 1 N–H and O–H groups in total. The van der Waals surface area contributed by atoms with Gasteiger partial charge in [-0.25, -0.2) is 9.97 Å². The van der Waals surface area contributed by atoms with E-state index in [2.05, 4.69) is 34.5 Å². The Balaban J connectivity index is 1.38. The Morgan fingerprint density at radius 1 is 1.07 bits per heavy atom. The van der Waals surface area contributed by atoms with Crippen LogP contribution in [0.5, 0.6) is 11.5 Å². The lowest BCUT2D eigenvalue weighted by Gasteiger charge is -2.19. The highest BCUT2D eigenvalue weighted by Gasteiger charge is 2.15. The van der Waals surface area contributed by atoms with Gasteiger partial charge in [0.1, 0.15) is 23.9 Å². The molecule has 8 heteroatoms. The first-order chi connectivity index (χ1) is 14.3. The fraction of sp³-hybridized carbons (Fsp3) is 0.286. The molecule has 148 valence electrons. The van der Waals surface area contributed by atoms with Crippen molar-refractivity contribution in [3.8, 4) is 23.1 Å². The van der Waals surface area contributed by atoms with Crippen molar-refractivity contribution in [2.24, 2.45) is 0 Å². The quantitative estimate of drug-likeness (QED) is 0.508. The summed E-state index contributed by atoms with van der Waals surface area (Å²) in [6.45, 7) is 4.07. The molecule has 4 heterocycles. The van der Waals surface area contributed by atoms with Gasteiger partial charge in [-0.2, -0.15) is 0 Å². The zero-order chi connectivity index (χ0) is 19.6. The summed E-state index contributed by atoms with van der Waals surface area (Å²) in [6.07, 6.45) is 3.41. The van der Waals surface area contributed by atoms with E-state index in [-0.39, 0.29) is 0 Å². The van der Waals surface area contributed by atoms with Gasteiger partial charge < -0.3 is 19.3 Å². The van der Waals surface area contributed by atoms with Gasteiger partial charge in [-0.15, -0.1) is 11.3 Å². The molecule has 0 radical (unpaired) electrons. The zero-order valence-electron chi connectivity index (χ0n) is 16.0. The molecule has 0 amide bonds. The van der Waals surface area contributed by atoms with Crippen molar-refractivity contribution in [3.63, 3.8) is 0 Å². The predicted octanol–water partition coefficient (Wildman–Crippen LogP) is 4.33. The SMILES string of the molecule is CCc1cc2c(NCCc3ccc4c(c3)OCCO4)nc(-c3ccno3)nc2s1. The van der Waals surface area contributed by atoms with Crippen LogP contribution in [-0.4, -0.2) is 34.9 Å². The van der Waals surface area contributed by atoms with E-state index in [9.17, 15) is 0 Å². The number of rotatable bonds is 6. The maximum Gasteiger partial charge on any atom is 0.204 e. The molecular formula is C21H20N4O3S. The van der Waals surface area contributed by atoms with E-state index in [1.165, 1.54) is 10.4 Å². The maximum atomic E-state index is 5.68. The number of thiophene rings is 1. The minimum absolute atomic E-state index is 0.543. The lowest BCUT2D eigenvalue weighted by atomic mass is 10.1. The molecule has 1 aliphatic heterocycles. The number of aryl methyl sites for hydroxylation is 1. The van der Waals surface area contributed by atoms with Crippen LogP contribution in [-0.2, 0) is 12.8 Å². The van der Waals surface area contributed by atoms with Crippen LogP contribution in [0, 0.1) is 0 Å². The molecule has 0 atom stereocenters. The van der Waals surface area contributed by atoms with Crippen LogP contribution in [0.2, 0.25) is 0 Å². The molecule has 0 aliphatic carbocycles. The molecule has 4 aromatic rings. The zero-order valence-corrected chi connectivity index (χ0v) is 16.8. The number of aromatic nitrogens is 3. The average molecular weight is 408 g/mol. The van der Waals surface area contributed by atoms with Gasteiger partial charge >= 0.3 is 0 Å². The molecule has 1 aliphatic rings. The molecule has 0 unspecified atom stereocenters. The molecule has 0 saturated heterocycles. The number of hydrogen-bond acceptors (Lipinski definition) is 8. The van der Waals surface area contributed by atoms with Crippen LogP contribution in [0.1, 0.15) is 17.4 Å². The van der Waals surface area contributed by atoms with Crippen molar-refractivity contribution in [3.05, 3.63) is 47.0 Å². The van der Waals surface area contributed by atoms with Crippen molar-refractivity contribution >= 4 is 27.4 Å². The molecule has 3 aromatic heterocycles. The fourth-order valence-corrected chi connectivity index (χ4v) is 4.26. The van der Waals surface area contributed by atoms with Crippen molar-refractivity contribution in [2.45, 2.75) is 19.8 Å². The molecular weight excluding hydrogens is 388 g/mol. The van der Waals surface area contributed by atoms with Gasteiger partial charge in [0.15, 0.2) is 11.5 Å². The third-order valence-corrected chi connectivity index (χ3v) is 5.94. The molecule has 7 nitrogen and oxygen atoms in total. The Morgan fingerprint density at radius 3 is 2.79 bits per heavy atom. The van der Waals surface area contributed by atoms with E-state index in [1.54, 1.807) is 23.6 Å². The first-order valence-corrected chi connectivity index (χ1v) is 10.5. The highest BCUT2D eigenvalue weighted by molar-refractivity contribution is 7.18. The van der Waals surface area contributed by atoms with Gasteiger partial charge in [-0.3, -0.25) is 0 Å². The van der Waals surface area contributed by atoms with Crippen LogP contribution < -0.4 is 14.8 Å². The van der Waals surface area contributed by atoms with Gasteiger partial charge in [0.05, 0.1) is 11.6 Å². The smallest absolute Gasteiger partial charge is 0.204 e. The molecule has 1 aromatic carbocycles. The molecule has 0 spiro atoms. The van der Waals surface area contributed by atoms with E-state index in [0.29, 0.717) is 24.8 Å². The summed E-state index contributed by atoms with van der Waals surface area (Å²) in [5.74, 6) is 3.55. The number of nitrogens with one attached hydrogen (secondary N) is 1. The van der Waals surface area contributed by atoms with E-state index in [1.807, 2.05) is 12.1 Å². The third-order valence-electron chi connectivity index (χ3n) is 4.76. The highest BCUT2D eigenvalue weighted by Crippen LogP contribution is 2.33. The lowest BCUT2D eigenvalue weighted by molar-refractivity contribution is 0.171. The second-order valence-electron chi connectivity index (χ2n) is 6.71. The molecule has 5 rings (SSSR count). The number of anilines is 1. The lowest BCUT2D eigenvalue weighted by Crippen LogP contribution is -2.15. The topological polar surface area (TPSA) is 82.3 Å². The standard InChI is InChI=1S/C21H20N4O3S/c1-2-14-12-15-19(24-20(25-21(15)29-14)17-6-8-23-28-17)22-7-5-13-3-4-16-18(11-13)27-10-9-26-16/h3-4,6,8,11-12H,2,5,7,9-10H2,1H3,(H,22,24,25). The van der Waals surface area contributed by atoms with Gasteiger partial charge in [0, 0.05) is 17.5 Å². The van der Waals surface area contributed by atoms with Gasteiger partial charge in [-0.1, -0.05) is 18.1 Å². The summed E-state index contributed by atoms with van der Waals surface area (Å²) in [7, 11) is 0. The average Bonchev–Trinajstić information content (AvgIpc) is 3.43. The van der Waals surface area contributed by atoms with E-state index in [4.69, 9.17) is 19.0 Å². The normalized spacial score (nSPS) is 13.0. The minimum Gasteiger partial charge on any atom is -0.486 e. The van der Waals surface area contributed by atoms with Crippen molar-refractivity contribution in [1.29, 1.82) is 0 Å². The van der Waals surface area contributed by atoms with E-state index < -0.39 is 0 Å². The Kier molecular flexibility index (Phi) is 4.77. The summed E-state index contributed by atoms with van der Waals surface area (Å²) in [5, 5.41) is 8.29. The summed E-state index contributed by atoms with van der Waals surface area (Å²) in [6, 6.07) is 10.0. The van der Waals surface area contributed by atoms with Crippen molar-refractivity contribution < 1.29 is 14.0 Å². The Bertz CT molecular complexity index is 1140. The number of benzene rings is 1. The summed E-state index contributed by atoms with van der Waals surface area (Å²) >= 11 is 1.68. The van der Waals surface area contributed by atoms with Crippen LogP contribution in [0.15, 0.2) is 41.1 Å². The second-order valence-corrected chi connectivity index (χ2v) is 7.83. The van der Waals surface area contributed by atoms with Gasteiger partial charge in [0.2, 0.25) is 11.6 Å². The largest absolute Gasteiger partial charge is 0.486 e. The summed E-state index contributed by atoms with van der Waals surface area (Å²) < 4.78 is 16.5. The number of fused-ring (bicyclic) bond motifs is 2. The fourth-order valence-electron chi connectivity index (χ4n) is 3.29. The second kappa shape index (κ2) is 7.71. The summed E-state index contributed by atoms with van der Waals surface area (Å²) in [4.78, 5) is 11.6. The van der Waals surface area contributed by atoms with Crippen molar-refractivity contribution in [2.75, 3.05) is 25.1 Å². The first-order valence-electron chi connectivity index (χ1n) is 9.64. The summed E-state index contributed by atoms with van der Waals surface area (Å²) in [5.41, 5.74) is 1.18. The van der Waals surface area contributed by atoms with Gasteiger partial charge in [-0.05, 0) is 36.6 Å². The minimum atomic E-state index is 0.543. The third kappa shape index (κ3) is 3.63. The molecule has 0 saturated carbocycles. The molecule has 0 bridgehead atoms. The predicted molar refractivity (Wildman–Crippen MR) is 112 cm³/mol. The Hall–Kier alpha value is -3.13. The maximum absolute atomic E-state index is 5.68. The van der Waals surface area contributed by atoms with Crippen LogP contribution in [0.25, 0.3) is 21.8 Å². The highest BCUT2D eigenvalue weighted by atomic mass is 32.1. The molecule has 0 fully saturated rings. The monoisotopic (exact) mass is 408 g/mol. The number of ether oxygens (including phenoxy) is 2. The number of nitrogens with zero attached hydrogens (tertiary/aromatic N) is 3. The van der Waals surface area contributed by atoms with Gasteiger partial charge in [0.25, 0.3) is 0 Å². The van der Waals surface area contributed by atoms with Crippen LogP contribution in [0.4, 0.5) is 5.82 Å². The Labute approximate surface area is 171 Å². The van der Waals surface area contributed by atoms with Crippen LogP contribution in [0.3, 0.4) is 0 Å². The van der Waals surface area contributed by atoms with Crippen molar-refractivity contribution in [1.82, 2.24) is 15.1 Å².